The molecule has 0 spiro atoms. The summed E-state index contributed by atoms with van der Waals surface area (Å²) in [5.74, 6) is -0.302. The number of carbonyl (C=O) groups excluding carboxylic acids is 2. The van der Waals surface area contributed by atoms with E-state index in [4.69, 9.17) is 0 Å². The molecular weight excluding hydrogens is 204 g/mol. The molecular formula is C12H16N2O2. The lowest BCUT2D eigenvalue weighted by molar-refractivity contribution is -0.127. The van der Waals surface area contributed by atoms with Gasteiger partial charge in [0.05, 0.1) is 6.42 Å². The predicted octanol–water partition coefficient (Wildman–Crippen LogP) is 1.11. The van der Waals surface area contributed by atoms with Crippen LogP contribution in [-0.2, 0) is 16.0 Å². The van der Waals surface area contributed by atoms with Crippen molar-refractivity contribution >= 4 is 11.7 Å². The minimum Gasteiger partial charge on any atom is -0.356 e. The van der Waals surface area contributed by atoms with E-state index >= 15 is 0 Å². The van der Waals surface area contributed by atoms with Gasteiger partial charge in [-0.25, -0.2) is 0 Å². The number of rotatable bonds is 6. The van der Waals surface area contributed by atoms with Gasteiger partial charge in [-0.15, -0.1) is 0 Å². The molecule has 1 N–H and O–H groups in total. The largest absolute Gasteiger partial charge is 0.356 e. The summed E-state index contributed by atoms with van der Waals surface area (Å²) in [5, 5.41) is 2.70. The van der Waals surface area contributed by atoms with E-state index in [2.05, 4.69) is 10.3 Å². The highest BCUT2D eigenvalue weighted by Gasteiger charge is 2.03. The SMILES string of the molecule is CC(=O)CC(=O)NCCCc1cccnc1. The van der Waals surface area contributed by atoms with Crippen molar-refractivity contribution in [2.24, 2.45) is 0 Å². The van der Waals surface area contributed by atoms with Crippen LogP contribution < -0.4 is 5.32 Å². The topological polar surface area (TPSA) is 59.1 Å². The van der Waals surface area contributed by atoms with E-state index in [9.17, 15) is 9.59 Å². The molecule has 1 amide bonds. The number of carbonyl (C=O) groups is 2. The summed E-state index contributed by atoms with van der Waals surface area (Å²) in [5.41, 5.74) is 1.16. The highest BCUT2D eigenvalue weighted by Crippen LogP contribution is 1.99. The molecule has 1 heterocycles. The Bertz CT molecular complexity index is 349. The van der Waals surface area contributed by atoms with Gasteiger partial charge in [0.1, 0.15) is 5.78 Å². The fourth-order valence-corrected chi connectivity index (χ4v) is 1.35. The Labute approximate surface area is 95.1 Å². The third kappa shape index (κ3) is 5.24. The van der Waals surface area contributed by atoms with Crippen LogP contribution in [0.4, 0.5) is 0 Å². The Hall–Kier alpha value is -1.71. The molecule has 1 rings (SSSR count). The van der Waals surface area contributed by atoms with E-state index < -0.39 is 0 Å². The molecule has 1 aromatic rings. The van der Waals surface area contributed by atoms with Crippen molar-refractivity contribution < 1.29 is 9.59 Å². The zero-order chi connectivity index (χ0) is 11.8. The number of hydrogen-bond acceptors (Lipinski definition) is 3. The standard InChI is InChI=1S/C12H16N2O2/c1-10(15)8-12(16)14-7-3-5-11-4-2-6-13-9-11/h2,4,6,9H,3,5,7-8H2,1H3,(H,14,16). The summed E-state index contributed by atoms with van der Waals surface area (Å²) in [7, 11) is 0. The van der Waals surface area contributed by atoms with Crippen molar-refractivity contribution in [3.63, 3.8) is 0 Å². The smallest absolute Gasteiger partial charge is 0.227 e. The van der Waals surface area contributed by atoms with Crippen LogP contribution in [0.25, 0.3) is 0 Å². The zero-order valence-electron chi connectivity index (χ0n) is 9.40. The van der Waals surface area contributed by atoms with Gasteiger partial charge in [0.2, 0.25) is 5.91 Å². The minimum atomic E-state index is -0.196. The number of nitrogens with zero attached hydrogens (tertiary/aromatic N) is 1. The first-order chi connectivity index (χ1) is 7.68. The normalized spacial score (nSPS) is 9.81. The maximum Gasteiger partial charge on any atom is 0.227 e. The molecule has 86 valence electrons. The van der Waals surface area contributed by atoms with Crippen LogP contribution in [0.1, 0.15) is 25.3 Å². The number of aryl methyl sites for hydroxylation is 1. The average Bonchev–Trinajstić information content (AvgIpc) is 2.25. The zero-order valence-corrected chi connectivity index (χ0v) is 9.40. The first-order valence-corrected chi connectivity index (χ1v) is 5.33. The molecule has 4 heteroatoms. The Kier molecular flexibility index (Phi) is 5.19. The summed E-state index contributed by atoms with van der Waals surface area (Å²) < 4.78 is 0. The molecule has 16 heavy (non-hydrogen) atoms. The number of pyridine rings is 1. The fraction of sp³-hybridized carbons (Fsp3) is 0.417. The highest BCUT2D eigenvalue weighted by molar-refractivity contribution is 5.96. The predicted molar refractivity (Wildman–Crippen MR) is 60.9 cm³/mol. The lowest BCUT2D eigenvalue weighted by Gasteiger charge is -2.03. The first-order valence-electron chi connectivity index (χ1n) is 5.33. The second-order valence-corrected chi connectivity index (χ2v) is 3.69. The number of amides is 1. The van der Waals surface area contributed by atoms with Gasteiger partial charge in [-0.2, -0.15) is 0 Å². The Balaban J connectivity index is 2.13. The van der Waals surface area contributed by atoms with E-state index in [0.717, 1.165) is 18.4 Å². The fourth-order valence-electron chi connectivity index (χ4n) is 1.35. The van der Waals surface area contributed by atoms with Crippen molar-refractivity contribution in [1.29, 1.82) is 0 Å². The molecule has 0 aliphatic rings. The van der Waals surface area contributed by atoms with Gasteiger partial charge in [-0.05, 0) is 31.4 Å². The first kappa shape index (κ1) is 12.4. The van der Waals surface area contributed by atoms with Crippen LogP contribution in [0.15, 0.2) is 24.5 Å². The van der Waals surface area contributed by atoms with E-state index in [0.29, 0.717) is 6.54 Å². The molecule has 4 nitrogen and oxygen atoms in total. The molecule has 0 unspecified atom stereocenters. The van der Waals surface area contributed by atoms with Crippen molar-refractivity contribution in [2.75, 3.05) is 6.54 Å². The number of Topliss-reactive ketones (excluding diaryl/α,β-unsaturated/α-hetero) is 1. The molecule has 0 radical (unpaired) electrons. The third-order valence-corrected chi connectivity index (χ3v) is 2.10. The van der Waals surface area contributed by atoms with E-state index in [-0.39, 0.29) is 18.1 Å². The lowest BCUT2D eigenvalue weighted by Crippen LogP contribution is -2.26. The number of aromatic nitrogens is 1. The summed E-state index contributed by atoms with van der Waals surface area (Å²) in [6, 6.07) is 3.90. The van der Waals surface area contributed by atoms with Gasteiger partial charge in [0.15, 0.2) is 0 Å². The molecule has 0 aromatic carbocycles. The summed E-state index contributed by atoms with van der Waals surface area (Å²) >= 11 is 0. The van der Waals surface area contributed by atoms with Gasteiger partial charge in [-0.3, -0.25) is 14.6 Å². The number of hydrogen-bond donors (Lipinski definition) is 1. The quantitative estimate of drug-likeness (QED) is 0.577. The maximum atomic E-state index is 11.1. The minimum absolute atomic E-state index is 0.0209. The van der Waals surface area contributed by atoms with Crippen LogP contribution >= 0.6 is 0 Å². The van der Waals surface area contributed by atoms with Crippen LogP contribution in [0.5, 0.6) is 0 Å². The van der Waals surface area contributed by atoms with Gasteiger partial charge in [-0.1, -0.05) is 6.07 Å². The lowest BCUT2D eigenvalue weighted by atomic mass is 10.1. The highest BCUT2D eigenvalue weighted by atomic mass is 16.2. The van der Waals surface area contributed by atoms with Crippen molar-refractivity contribution in [3.8, 4) is 0 Å². The molecule has 0 atom stereocenters. The second-order valence-electron chi connectivity index (χ2n) is 3.69. The molecule has 0 aliphatic heterocycles. The Morgan fingerprint density at radius 1 is 1.44 bits per heavy atom. The average molecular weight is 220 g/mol. The molecule has 0 saturated carbocycles. The molecule has 0 aliphatic carbocycles. The van der Waals surface area contributed by atoms with Gasteiger partial charge >= 0.3 is 0 Å². The van der Waals surface area contributed by atoms with Gasteiger partial charge in [0, 0.05) is 18.9 Å². The molecule has 1 aromatic heterocycles. The second kappa shape index (κ2) is 6.71. The third-order valence-electron chi connectivity index (χ3n) is 2.10. The van der Waals surface area contributed by atoms with Crippen LogP contribution in [0, 0.1) is 0 Å². The van der Waals surface area contributed by atoms with Gasteiger partial charge in [0.25, 0.3) is 0 Å². The monoisotopic (exact) mass is 220 g/mol. The number of ketones is 1. The molecule has 0 saturated heterocycles. The number of nitrogens with one attached hydrogen (secondary N) is 1. The van der Waals surface area contributed by atoms with E-state index in [1.807, 2.05) is 18.3 Å². The summed E-state index contributed by atoms with van der Waals surface area (Å²) in [6.07, 6.45) is 5.27. The van der Waals surface area contributed by atoms with Gasteiger partial charge < -0.3 is 5.32 Å². The Morgan fingerprint density at radius 3 is 2.88 bits per heavy atom. The van der Waals surface area contributed by atoms with Crippen molar-refractivity contribution in [2.45, 2.75) is 26.2 Å². The Morgan fingerprint density at radius 2 is 2.25 bits per heavy atom. The van der Waals surface area contributed by atoms with E-state index in [1.165, 1.54) is 6.92 Å². The summed E-state index contributed by atoms with van der Waals surface area (Å²) in [6.45, 7) is 2.01. The van der Waals surface area contributed by atoms with Crippen molar-refractivity contribution in [3.05, 3.63) is 30.1 Å². The van der Waals surface area contributed by atoms with Crippen LogP contribution in [0.3, 0.4) is 0 Å². The summed E-state index contributed by atoms with van der Waals surface area (Å²) in [4.78, 5) is 25.8. The van der Waals surface area contributed by atoms with E-state index in [1.54, 1.807) is 6.20 Å². The molecule has 0 bridgehead atoms. The van der Waals surface area contributed by atoms with Crippen LogP contribution in [-0.4, -0.2) is 23.2 Å². The maximum absolute atomic E-state index is 11.1. The molecule has 0 fully saturated rings. The van der Waals surface area contributed by atoms with Crippen LogP contribution in [0.2, 0.25) is 0 Å². The van der Waals surface area contributed by atoms with Crippen molar-refractivity contribution in [1.82, 2.24) is 10.3 Å².